The average Bonchev–Trinajstić information content (AvgIpc) is 3.07. The SMILES string of the molecule is C/C=C1/C=[N+]2CCc3c([nH]c4ccccc34)[C@H]2C[C@@H]1C(=CO)C(=O)OC. The van der Waals surface area contributed by atoms with Crippen molar-refractivity contribution in [2.24, 2.45) is 5.92 Å². The summed E-state index contributed by atoms with van der Waals surface area (Å²) in [5.41, 5.74) is 5.08. The van der Waals surface area contributed by atoms with Gasteiger partial charge in [-0.2, -0.15) is 0 Å². The largest absolute Gasteiger partial charge is 0.515 e. The molecule has 0 radical (unpaired) electrons. The quantitative estimate of drug-likeness (QED) is 0.377. The molecule has 0 fully saturated rings. The van der Waals surface area contributed by atoms with Gasteiger partial charge in [-0.05, 0) is 18.6 Å². The number of hydrogen-bond acceptors (Lipinski definition) is 3. The number of fused-ring (bicyclic) bond motifs is 5. The van der Waals surface area contributed by atoms with Gasteiger partial charge in [-0.1, -0.05) is 24.3 Å². The van der Waals surface area contributed by atoms with E-state index in [2.05, 4.69) is 34.0 Å². The molecule has 0 aliphatic carbocycles. The summed E-state index contributed by atoms with van der Waals surface area (Å²) in [7, 11) is 1.34. The number of esters is 1. The van der Waals surface area contributed by atoms with Gasteiger partial charge in [0.1, 0.15) is 6.54 Å². The molecular weight excluding hydrogens is 328 g/mol. The molecule has 1 aromatic heterocycles. The van der Waals surface area contributed by atoms with Crippen LogP contribution < -0.4 is 0 Å². The van der Waals surface area contributed by atoms with E-state index in [1.807, 2.05) is 19.1 Å². The number of H-pyrrole nitrogens is 1. The molecule has 26 heavy (non-hydrogen) atoms. The third-order valence-electron chi connectivity index (χ3n) is 5.65. The molecule has 5 nitrogen and oxygen atoms in total. The van der Waals surface area contributed by atoms with Crippen molar-refractivity contribution in [2.45, 2.75) is 25.8 Å². The van der Waals surface area contributed by atoms with Crippen molar-refractivity contribution >= 4 is 23.1 Å². The molecule has 3 heterocycles. The number of ether oxygens (including phenoxy) is 1. The van der Waals surface area contributed by atoms with Gasteiger partial charge in [-0.25, -0.2) is 9.37 Å². The minimum absolute atomic E-state index is 0.152. The Kier molecular flexibility index (Phi) is 4.15. The zero-order valence-corrected chi connectivity index (χ0v) is 15.0. The lowest BCUT2D eigenvalue weighted by Crippen LogP contribution is -2.36. The number of aliphatic hydroxyl groups is 1. The minimum Gasteiger partial charge on any atom is -0.515 e. The van der Waals surface area contributed by atoms with E-state index in [4.69, 9.17) is 4.74 Å². The molecule has 1 aromatic carbocycles. The molecule has 4 rings (SSSR count). The van der Waals surface area contributed by atoms with Crippen LogP contribution in [0.25, 0.3) is 10.9 Å². The van der Waals surface area contributed by atoms with Crippen LogP contribution in [0.4, 0.5) is 0 Å². The molecule has 2 N–H and O–H groups in total. The van der Waals surface area contributed by atoms with Gasteiger partial charge in [0.25, 0.3) is 0 Å². The number of nitrogens with one attached hydrogen (secondary N) is 1. The summed E-state index contributed by atoms with van der Waals surface area (Å²) >= 11 is 0. The number of hydrogen-bond donors (Lipinski definition) is 2. The Morgan fingerprint density at radius 3 is 2.92 bits per heavy atom. The third-order valence-corrected chi connectivity index (χ3v) is 5.65. The maximum atomic E-state index is 12.1. The number of methoxy groups -OCH3 is 1. The van der Waals surface area contributed by atoms with Gasteiger partial charge in [0, 0.05) is 35.2 Å². The number of para-hydroxylation sites is 1. The summed E-state index contributed by atoms with van der Waals surface area (Å²) in [6.07, 6.45) is 6.75. The monoisotopic (exact) mass is 351 g/mol. The lowest BCUT2D eigenvalue weighted by molar-refractivity contribution is -0.577. The van der Waals surface area contributed by atoms with Gasteiger partial charge >= 0.3 is 5.97 Å². The molecule has 2 aliphatic rings. The fourth-order valence-electron chi connectivity index (χ4n) is 4.37. The summed E-state index contributed by atoms with van der Waals surface area (Å²) in [6, 6.07) is 8.53. The fourth-order valence-corrected chi connectivity index (χ4v) is 4.37. The zero-order chi connectivity index (χ0) is 18.3. The minimum atomic E-state index is -0.480. The van der Waals surface area contributed by atoms with Crippen molar-refractivity contribution in [3.63, 3.8) is 0 Å². The van der Waals surface area contributed by atoms with Crippen molar-refractivity contribution in [3.8, 4) is 0 Å². The number of allylic oxidation sites excluding steroid dienone is 2. The number of benzene rings is 1. The summed E-state index contributed by atoms with van der Waals surface area (Å²) in [6.45, 7) is 2.91. The lowest BCUT2D eigenvalue weighted by atomic mass is 9.80. The van der Waals surface area contributed by atoms with Crippen LogP contribution in [0.2, 0.25) is 0 Å². The predicted octanol–water partition coefficient (Wildman–Crippen LogP) is 3.43. The smallest absolute Gasteiger partial charge is 0.337 e. The predicted molar refractivity (Wildman–Crippen MR) is 101 cm³/mol. The first kappa shape index (κ1) is 16.6. The van der Waals surface area contributed by atoms with Crippen LogP contribution >= 0.6 is 0 Å². The van der Waals surface area contributed by atoms with Gasteiger partial charge in [0.15, 0.2) is 12.3 Å². The molecule has 0 spiro atoms. The molecule has 2 aliphatic heterocycles. The molecule has 2 atom stereocenters. The van der Waals surface area contributed by atoms with Gasteiger partial charge in [0.05, 0.1) is 24.6 Å². The van der Waals surface area contributed by atoms with E-state index < -0.39 is 5.97 Å². The van der Waals surface area contributed by atoms with E-state index in [0.29, 0.717) is 5.57 Å². The molecule has 134 valence electrons. The molecule has 2 aromatic rings. The summed E-state index contributed by atoms with van der Waals surface area (Å²) in [5, 5.41) is 11.0. The number of aliphatic hydroxyl groups excluding tert-OH is 1. The van der Waals surface area contributed by atoms with Gasteiger partial charge in [-0.3, -0.25) is 0 Å². The summed E-state index contributed by atoms with van der Waals surface area (Å²) in [5.74, 6) is -0.664. The first-order valence-electron chi connectivity index (χ1n) is 8.96. The van der Waals surface area contributed by atoms with Crippen molar-refractivity contribution in [1.82, 2.24) is 4.98 Å². The maximum Gasteiger partial charge on any atom is 0.337 e. The molecular formula is C21H23N2O3+. The Morgan fingerprint density at radius 1 is 1.38 bits per heavy atom. The maximum absolute atomic E-state index is 12.1. The Labute approximate surface area is 152 Å². The van der Waals surface area contributed by atoms with E-state index in [1.165, 1.54) is 23.8 Å². The van der Waals surface area contributed by atoms with Crippen molar-refractivity contribution < 1.29 is 19.2 Å². The van der Waals surface area contributed by atoms with Crippen LogP contribution in [0.5, 0.6) is 0 Å². The van der Waals surface area contributed by atoms with Crippen molar-refractivity contribution in [2.75, 3.05) is 13.7 Å². The Balaban J connectivity index is 1.81. The highest BCUT2D eigenvalue weighted by Crippen LogP contribution is 2.41. The Morgan fingerprint density at radius 2 is 2.19 bits per heavy atom. The number of aromatic amines is 1. The molecule has 0 unspecified atom stereocenters. The van der Waals surface area contributed by atoms with E-state index in [-0.39, 0.29) is 12.0 Å². The van der Waals surface area contributed by atoms with Crippen LogP contribution in [0.3, 0.4) is 0 Å². The molecule has 0 saturated heterocycles. The zero-order valence-electron chi connectivity index (χ0n) is 15.0. The second-order valence-electron chi connectivity index (χ2n) is 6.85. The van der Waals surface area contributed by atoms with E-state index in [1.54, 1.807) is 0 Å². The van der Waals surface area contributed by atoms with E-state index in [9.17, 15) is 9.90 Å². The van der Waals surface area contributed by atoms with Crippen LogP contribution in [0.15, 0.2) is 47.7 Å². The summed E-state index contributed by atoms with van der Waals surface area (Å²) < 4.78 is 7.22. The average molecular weight is 351 g/mol. The first-order valence-corrected chi connectivity index (χ1v) is 8.96. The van der Waals surface area contributed by atoms with Crippen LogP contribution in [0, 0.1) is 5.92 Å². The number of carbonyl (C=O) groups is 1. The Hall–Kier alpha value is -2.82. The Bertz CT molecular complexity index is 965. The highest BCUT2D eigenvalue weighted by Gasteiger charge is 2.42. The van der Waals surface area contributed by atoms with Gasteiger partial charge in [-0.15, -0.1) is 0 Å². The van der Waals surface area contributed by atoms with Crippen molar-refractivity contribution in [1.29, 1.82) is 0 Å². The van der Waals surface area contributed by atoms with Gasteiger partial charge in [0.2, 0.25) is 0 Å². The fraction of sp³-hybridized carbons (Fsp3) is 0.333. The topological polar surface area (TPSA) is 65.3 Å². The van der Waals surface area contributed by atoms with E-state index >= 15 is 0 Å². The van der Waals surface area contributed by atoms with Gasteiger partial charge < -0.3 is 14.8 Å². The normalized spacial score (nSPS) is 24.2. The number of aromatic nitrogens is 1. The number of carbonyl (C=O) groups excluding carboxylic acids is 1. The van der Waals surface area contributed by atoms with Crippen LogP contribution in [-0.2, 0) is 16.0 Å². The molecule has 5 heteroatoms. The number of nitrogens with zero attached hydrogens (tertiary/aromatic N) is 1. The second-order valence-corrected chi connectivity index (χ2v) is 6.85. The standard InChI is InChI=1S/C21H22N2O3/c1-3-13-11-23-9-8-15-14-6-4-5-7-18(14)22-20(15)19(23)10-16(13)17(12-24)21(25)26-2/h3-7,11-12,16,19,22H,8-10H2,1-2H3/p+1/b13-3-/t16-,19+/m0/s1. The summed E-state index contributed by atoms with van der Waals surface area (Å²) in [4.78, 5) is 15.7. The highest BCUT2D eigenvalue weighted by molar-refractivity contribution is 5.92. The highest BCUT2D eigenvalue weighted by atomic mass is 16.5. The number of rotatable bonds is 2. The van der Waals surface area contributed by atoms with E-state index in [0.717, 1.165) is 36.7 Å². The second kappa shape index (κ2) is 6.48. The third kappa shape index (κ3) is 2.46. The van der Waals surface area contributed by atoms with Crippen LogP contribution in [-0.4, -0.2) is 40.5 Å². The molecule has 0 amide bonds. The van der Waals surface area contributed by atoms with Crippen molar-refractivity contribution in [3.05, 3.63) is 59.0 Å². The van der Waals surface area contributed by atoms with Crippen LogP contribution in [0.1, 0.15) is 30.6 Å². The lowest BCUT2D eigenvalue weighted by Gasteiger charge is -2.30. The first-order chi connectivity index (χ1) is 12.7. The molecule has 0 saturated carbocycles. The molecule has 0 bridgehead atoms.